The monoisotopic (exact) mass is 353 g/mol. The van der Waals surface area contributed by atoms with Crippen LogP contribution in [0.25, 0.3) is 0 Å². The lowest BCUT2D eigenvalue weighted by Crippen LogP contribution is -2.07. The Morgan fingerprint density at radius 2 is 1.90 bits per heavy atom. The van der Waals surface area contributed by atoms with Crippen LogP contribution in [-0.4, -0.2) is 20.0 Å². The molecule has 21 heavy (non-hydrogen) atoms. The molecule has 0 aromatic heterocycles. The molecule has 6 heteroatoms. The minimum absolute atomic E-state index is 0.00712. The van der Waals surface area contributed by atoms with E-state index in [1.807, 2.05) is 0 Å². The maximum absolute atomic E-state index is 13.5. The SMILES string of the molecule is COc1cc(Br)c(C(=O)c2ccc(N)c(F)c2)c(OC)c1. The Hall–Kier alpha value is -2.08. The maximum atomic E-state index is 13.5. The Morgan fingerprint density at radius 1 is 1.19 bits per heavy atom. The predicted octanol–water partition coefficient (Wildman–Crippen LogP) is 3.42. The molecule has 0 atom stereocenters. The molecule has 0 amide bonds. The van der Waals surface area contributed by atoms with Gasteiger partial charge in [-0.1, -0.05) is 0 Å². The number of nitrogens with two attached hydrogens (primary N) is 1. The number of carbonyl (C=O) groups excluding carboxylic acids is 1. The molecule has 0 aliphatic heterocycles. The molecular formula is C15H13BrFNO3. The van der Waals surface area contributed by atoms with Gasteiger partial charge in [-0.05, 0) is 40.2 Å². The van der Waals surface area contributed by atoms with Crippen LogP contribution in [0, 0.1) is 5.82 Å². The largest absolute Gasteiger partial charge is 0.497 e. The van der Waals surface area contributed by atoms with E-state index in [1.165, 1.54) is 26.4 Å². The highest BCUT2D eigenvalue weighted by molar-refractivity contribution is 9.10. The summed E-state index contributed by atoms with van der Waals surface area (Å²) < 4.78 is 24.3. The molecule has 2 rings (SSSR count). The van der Waals surface area contributed by atoms with Crippen molar-refractivity contribution in [1.29, 1.82) is 0 Å². The smallest absolute Gasteiger partial charge is 0.198 e. The van der Waals surface area contributed by atoms with E-state index in [0.29, 0.717) is 21.5 Å². The number of nitrogen functional groups attached to an aromatic ring is 1. The highest BCUT2D eigenvalue weighted by Crippen LogP contribution is 2.34. The summed E-state index contributed by atoms with van der Waals surface area (Å²) in [4.78, 5) is 12.6. The number of anilines is 1. The van der Waals surface area contributed by atoms with E-state index in [0.717, 1.165) is 6.07 Å². The first-order valence-electron chi connectivity index (χ1n) is 5.99. The van der Waals surface area contributed by atoms with Crippen molar-refractivity contribution in [3.05, 3.63) is 51.7 Å². The summed E-state index contributed by atoms with van der Waals surface area (Å²) in [6.07, 6.45) is 0. The fourth-order valence-corrected chi connectivity index (χ4v) is 2.47. The summed E-state index contributed by atoms with van der Waals surface area (Å²) in [5, 5.41) is 0. The van der Waals surface area contributed by atoms with Crippen LogP contribution >= 0.6 is 15.9 Å². The van der Waals surface area contributed by atoms with Gasteiger partial charge in [-0.3, -0.25) is 4.79 Å². The maximum Gasteiger partial charge on any atom is 0.198 e. The Morgan fingerprint density at radius 3 is 2.48 bits per heavy atom. The zero-order valence-corrected chi connectivity index (χ0v) is 13.0. The van der Waals surface area contributed by atoms with Gasteiger partial charge in [0.1, 0.15) is 17.3 Å². The summed E-state index contributed by atoms with van der Waals surface area (Å²) in [6, 6.07) is 7.16. The third kappa shape index (κ3) is 3.00. The molecule has 0 aliphatic carbocycles. The van der Waals surface area contributed by atoms with Gasteiger partial charge in [0.25, 0.3) is 0 Å². The molecule has 0 bridgehead atoms. The van der Waals surface area contributed by atoms with Crippen LogP contribution in [-0.2, 0) is 0 Å². The molecule has 4 nitrogen and oxygen atoms in total. The first-order chi connectivity index (χ1) is 9.97. The van der Waals surface area contributed by atoms with E-state index in [2.05, 4.69) is 15.9 Å². The number of hydrogen-bond acceptors (Lipinski definition) is 4. The molecule has 2 aromatic rings. The summed E-state index contributed by atoms with van der Waals surface area (Å²) in [7, 11) is 2.96. The minimum Gasteiger partial charge on any atom is -0.497 e. The van der Waals surface area contributed by atoms with E-state index in [1.54, 1.807) is 12.1 Å². The molecule has 0 spiro atoms. The fourth-order valence-electron chi connectivity index (χ4n) is 1.87. The summed E-state index contributed by atoms with van der Waals surface area (Å²) >= 11 is 3.31. The summed E-state index contributed by atoms with van der Waals surface area (Å²) in [6.45, 7) is 0. The lowest BCUT2D eigenvalue weighted by Gasteiger charge is -2.12. The molecule has 0 unspecified atom stereocenters. The highest BCUT2D eigenvalue weighted by atomic mass is 79.9. The Kier molecular flexibility index (Phi) is 4.47. The average Bonchev–Trinajstić information content (AvgIpc) is 2.48. The number of methoxy groups -OCH3 is 2. The van der Waals surface area contributed by atoms with E-state index in [-0.39, 0.29) is 17.0 Å². The normalized spacial score (nSPS) is 10.3. The summed E-state index contributed by atoms with van der Waals surface area (Å²) in [5.74, 6) is -0.132. The van der Waals surface area contributed by atoms with Crippen LogP contribution in [0.15, 0.2) is 34.8 Å². The predicted molar refractivity (Wildman–Crippen MR) is 81.5 cm³/mol. The number of benzene rings is 2. The molecule has 0 saturated heterocycles. The van der Waals surface area contributed by atoms with Gasteiger partial charge in [0.2, 0.25) is 0 Å². The summed E-state index contributed by atoms with van der Waals surface area (Å²) in [5.41, 5.74) is 5.89. The third-order valence-electron chi connectivity index (χ3n) is 2.97. The van der Waals surface area contributed by atoms with Crippen LogP contribution in [0.5, 0.6) is 11.5 Å². The Bertz CT molecular complexity index is 704. The zero-order chi connectivity index (χ0) is 15.6. The van der Waals surface area contributed by atoms with Crippen molar-refractivity contribution in [2.24, 2.45) is 0 Å². The van der Waals surface area contributed by atoms with Crippen molar-refractivity contribution in [3.8, 4) is 11.5 Å². The molecule has 0 saturated carbocycles. The molecule has 0 aliphatic rings. The lowest BCUT2D eigenvalue weighted by molar-refractivity contribution is 0.103. The number of hydrogen-bond donors (Lipinski definition) is 1. The number of halogens is 2. The van der Waals surface area contributed by atoms with Gasteiger partial charge >= 0.3 is 0 Å². The second-order valence-electron chi connectivity index (χ2n) is 4.25. The van der Waals surface area contributed by atoms with E-state index in [9.17, 15) is 9.18 Å². The van der Waals surface area contributed by atoms with Gasteiger partial charge in [-0.15, -0.1) is 0 Å². The number of rotatable bonds is 4. The van der Waals surface area contributed by atoms with Gasteiger partial charge in [-0.2, -0.15) is 0 Å². The first kappa shape index (κ1) is 15.3. The van der Waals surface area contributed by atoms with Crippen molar-refractivity contribution < 1.29 is 18.7 Å². The highest BCUT2D eigenvalue weighted by Gasteiger charge is 2.20. The van der Waals surface area contributed by atoms with Crippen LogP contribution in [0.4, 0.5) is 10.1 Å². The van der Waals surface area contributed by atoms with E-state index in [4.69, 9.17) is 15.2 Å². The van der Waals surface area contributed by atoms with Crippen LogP contribution in [0.1, 0.15) is 15.9 Å². The van der Waals surface area contributed by atoms with Crippen molar-refractivity contribution >= 4 is 27.4 Å². The molecule has 110 valence electrons. The molecule has 2 N–H and O–H groups in total. The zero-order valence-electron chi connectivity index (χ0n) is 11.4. The standard InChI is InChI=1S/C15H13BrFNO3/c1-20-9-6-10(16)14(13(7-9)21-2)15(19)8-3-4-12(18)11(17)5-8/h3-7H,18H2,1-2H3. The van der Waals surface area contributed by atoms with Crippen molar-refractivity contribution in [3.63, 3.8) is 0 Å². The Labute approximate surface area is 129 Å². The van der Waals surface area contributed by atoms with Crippen molar-refractivity contribution in [1.82, 2.24) is 0 Å². The molecule has 0 fully saturated rings. The quantitative estimate of drug-likeness (QED) is 0.675. The third-order valence-corrected chi connectivity index (χ3v) is 3.60. The molecular weight excluding hydrogens is 341 g/mol. The topological polar surface area (TPSA) is 61.5 Å². The van der Waals surface area contributed by atoms with E-state index >= 15 is 0 Å². The van der Waals surface area contributed by atoms with Gasteiger partial charge in [0.15, 0.2) is 5.78 Å². The van der Waals surface area contributed by atoms with Crippen molar-refractivity contribution in [2.75, 3.05) is 20.0 Å². The lowest BCUT2D eigenvalue weighted by atomic mass is 10.0. The molecule has 0 heterocycles. The number of carbonyl (C=O) groups is 1. The van der Waals surface area contributed by atoms with E-state index < -0.39 is 5.82 Å². The van der Waals surface area contributed by atoms with Gasteiger partial charge in [-0.25, -0.2) is 4.39 Å². The number of ether oxygens (including phenoxy) is 2. The fraction of sp³-hybridized carbons (Fsp3) is 0.133. The van der Waals surface area contributed by atoms with Crippen LogP contribution in [0.3, 0.4) is 0 Å². The minimum atomic E-state index is -0.635. The van der Waals surface area contributed by atoms with Crippen LogP contribution in [0.2, 0.25) is 0 Å². The average molecular weight is 354 g/mol. The number of ketones is 1. The first-order valence-corrected chi connectivity index (χ1v) is 6.78. The molecule has 0 radical (unpaired) electrons. The van der Waals surface area contributed by atoms with Crippen molar-refractivity contribution in [2.45, 2.75) is 0 Å². The van der Waals surface area contributed by atoms with Gasteiger partial charge in [0.05, 0.1) is 25.5 Å². The molecule has 2 aromatic carbocycles. The second-order valence-corrected chi connectivity index (χ2v) is 5.11. The van der Waals surface area contributed by atoms with Gasteiger partial charge in [0, 0.05) is 16.1 Å². The van der Waals surface area contributed by atoms with Gasteiger partial charge < -0.3 is 15.2 Å². The van der Waals surface area contributed by atoms with Crippen LogP contribution < -0.4 is 15.2 Å². The second kappa shape index (κ2) is 6.13. The Balaban J connectivity index is 2.54.